The van der Waals surface area contributed by atoms with Crippen LogP contribution in [0.5, 0.6) is 0 Å². The molecule has 0 bridgehead atoms. The Balaban J connectivity index is 2.36. The number of ketones is 1. The van der Waals surface area contributed by atoms with Crippen LogP contribution in [-0.4, -0.2) is 5.78 Å². The Labute approximate surface area is 85.1 Å². The lowest BCUT2D eigenvalue weighted by Gasteiger charge is -2.03. The topological polar surface area (TPSA) is 17.1 Å². The predicted molar refractivity (Wildman–Crippen MR) is 57.5 cm³/mol. The summed E-state index contributed by atoms with van der Waals surface area (Å²) in [6, 6.07) is 4.49. The van der Waals surface area contributed by atoms with Crippen LogP contribution in [0.4, 0.5) is 0 Å². The summed E-state index contributed by atoms with van der Waals surface area (Å²) in [5.41, 5.74) is 5.45. The molecule has 1 heteroatoms. The molecule has 0 aliphatic heterocycles. The van der Waals surface area contributed by atoms with Crippen LogP contribution < -0.4 is 0 Å². The Hall–Kier alpha value is -1.11. The minimum absolute atomic E-state index is 0.242. The maximum Gasteiger partial charge on any atom is 0.133 e. The molecule has 0 fully saturated rings. The number of fused-ring (bicyclic) bond motifs is 1. The molecule has 0 N–H and O–H groups in total. The zero-order valence-corrected chi connectivity index (χ0v) is 9.05. The molecule has 1 aromatic carbocycles. The van der Waals surface area contributed by atoms with Crippen LogP contribution in [0.15, 0.2) is 12.1 Å². The number of aryl methyl sites for hydroxylation is 2. The first-order chi connectivity index (χ1) is 6.58. The fraction of sp³-hybridized carbons (Fsp3) is 0.462. The summed E-state index contributed by atoms with van der Waals surface area (Å²) in [6.07, 6.45) is 1.90. The Morgan fingerprint density at radius 2 is 1.57 bits per heavy atom. The normalized spacial score (nSPS) is 15.6. The van der Waals surface area contributed by atoms with Crippen molar-refractivity contribution < 1.29 is 4.79 Å². The van der Waals surface area contributed by atoms with E-state index in [0.29, 0.717) is 5.78 Å². The van der Waals surface area contributed by atoms with Gasteiger partial charge >= 0.3 is 0 Å². The summed E-state index contributed by atoms with van der Waals surface area (Å²) in [7, 11) is 0. The summed E-state index contributed by atoms with van der Waals surface area (Å²) >= 11 is 0. The fourth-order valence-corrected chi connectivity index (χ4v) is 2.21. The van der Waals surface area contributed by atoms with Crippen LogP contribution >= 0.6 is 0 Å². The highest BCUT2D eigenvalue weighted by Crippen LogP contribution is 2.29. The van der Waals surface area contributed by atoms with Crippen LogP contribution in [0.3, 0.4) is 0 Å². The van der Waals surface area contributed by atoms with Gasteiger partial charge in [0, 0.05) is 5.92 Å². The van der Waals surface area contributed by atoms with E-state index in [1.165, 1.54) is 22.3 Å². The quantitative estimate of drug-likeness (QED) is 0.662. The van der Waals surface area contributed by atoms with Gasteiger partial charge in [0.2, 0.25) is 0 Å². The van der Waals surface area contributed by atoms with Crippen molar-refractivity contribution >= 4 is 5.78 Å². The van der Waals surface area contributed by atoms with Crippen molar-refractivity contribution in [1.82, 2.24) is 0 Å². The molecule has 1 aromatic rings. The van der Waals surface area contributed by atoms with Crippen LogP contribution in [0.2, 0.25) is 0 Å². The van der Waals surface area contributed by atoms with Crippen LogP contribution in [0, 0.1) is 19.8 Å². The predicted octanol–water partition coefficient (Wildman–Crippen LogP) is 2.61. The number of carbonyl (C=O) groups is 1. The highest BCUT2D eigenvalue weighted by atomic mass is 16.1. The summed E-state index contributed by atoms with van der Waals surface area (Å²) in [5, 5.41) is 0. The van der Waals surface area contributed by atoms with E-state index < -0.39 is 0 Å². The molecule has 0 saturated carbocycles. The third kappa shape index (κ3) is 1.47. The van der Waals surface area contributed by atoms with E-state index >= 15 is 0 Å². The smallest absolute Gasteiger partial charge is 0.133 e. The van der Waals surface area contributed by atoms with E-state index in [2.05, 4.69) is 26.0 Å². The number of rotatable bonds is 1. The van der Waals surface area contributed by atoms with Crippen molar-refractivity contribution in [3.63, 3.8) is 0 Å². The number of benzene rings is 1. The first kappa shape index (κ1) is 9.45. The molecule has 1 nitrogen and oxygen atoms in total. The summed E-state index contributed by atoms with van der Waals surface area (Å²) in [4.78, 5) is 11.3. The number of carbonyl (C=O) groups excluding carboxylic acids is 1. The molecule has 0 unspecified atom stereocenters. The molecular weight excluding hydrogens is 172 g/mol. The summed E-state index contributed by atoms with van der Waals surface area (Å²) in [6.45, 7) is 5.98. The van der Waals surface area contributed by atoms with Gasteiger partial charge in [-0.25, -0.2) is 0 Å². The molecule has 0 spiro atoms. The average molecular weight is 188 g/mol. The maximum absolute atomic E-state index is 11.3. The van der Waals surface area contributed by atoms with E-state index in [9.17, 15) is 4.79 Å². The Morgan fingerprint density at radius 3 is 1.93 bits per heavy atom. The van der Waals surface area contributed by atoms with Crippen molar-refractivity contribution in [2.24, 2.45) is 5.92 Å². The molecule has 0 aromatic heterocycles. The molecule has 0 amide bonds. The molecular formula is C13H16O. The SMILES string of the molecule is CC(=O)C1Cc2cc(C)c(C)cc2C1. The zero-order valence-electron chi connectivity index (χ0n) is 9.05. The van der Waals surface area contributed by atoms with Crippen LogP contribution in [-0.2, 0) is 17.6 Å². The van der Waals surface area contributed by atoms with E-state index in [1.807, 2.05) is 0 Å². The molecule has 74 valence electrons. The molecule has 0 heterocycles. The van der Waals surface area contributed by atoms with Crippen LogP contribution in [0.1, 0.15) is 29.2 Å². The second kappa shape index (κ2) is 3.23. The van der Waals surface area contributed by atoms with Gasteiger partial charge in [-0.1, -0.05) is 12.1 Å². The van der Waals surface area contributed by atoms with Crippen LogP contribution in [0.25, 0.3) is 0 Å². The number of hydrogen-bond acceptors (Lipinski definition) is 1. The lowest BCUT2D eigenvalue weighted by Crippen LogP contribution is -2.09. The Kier molecular flexibility index (Phi) is 2.18. The standard InChI is InChI=1S/C13H16O/c1-8-4-12-6-11(10(3)14)7-13(12)5-9(8)2/h4-5,11H,6-7H2,1-3H3. The van der Waals surface area contributed by atoms with Gasteiger partial charge in [-0.2, -0.15) is 0 Å². The molecule has 14 heavy (non-hydrogen) atoms. The van der Waals surface area contributed by atoms with Gasteiger partial charge in [0.05, 0.1) is 0 Å². The van der Waals surface area contributed by atoms with Crippen molar-refractivity contribution in [1.29, 1.82) is 0 Å². The van der Waals surface area contributed by atoms with Crippen molar-refractivity contribution in [2.45, 2.75) is 33.6 Å². The summed E-state index contributed by atoms with van der Waals surface area (Å²) in [5.74, 6) is 0.572. The maximum atomic E-state index is 11.3. The van der Waals surface area contributed by atoms with Crippen molar-refractivity contribution in [3.8, 4) is 0 Å². The van der Waals surface area contributed by atoms with Crippen molar-refractivity contribution in [3.05, 3.63) is 34.4 Å². The number of Topliss-reactive ketones (excluding diaryl/α,β-unsaturated/α-hetero) is 1. The minimum Gasteiger partial charge on any atom is -0.300 e. The second-order valence-electron chi connectivity index (χ2n) is 4.42. The lowest BCUT2D eigenvalue weighted by atomic mass is 10.0. The Morgan fingerprint density at radius 1 is 1.14 bits per heavy atom. The molecule has 1 aliphatic carbocycles. The monoisotopic (exact) mass is 188 g/mol. The van der Waals surface area contributed by atoms with Gasteiger partial charge in [-0.3, -0.25) is 4.79 Å². The number of hydrogen-bond donors (Lipinski definition) is 0. The second-order valence-corrected chi connectivity index (χ2v) is 4.42. The lowest BCUT2D eigenvalue weighted by molar-refractivity contribution is -0.120. The molecule has 1 aliphatic rings. The highest BCUT2D eigenvalue weighted by Gasteiger charge is 2.24. The minimum atomic E-state index is 0.242. The van der Waals surface area contributed by atoms with Gasteiger partial charge in [-0.15, -0.1) is 0 Å². The first-order valence-electron chi connectivity index (χ1n) is 5.17. The third-order valence-electron chi connectivity index (χ3n) is 3.32. The average Bonchev–Trinajstić information content (AvgIpc) is 2.48. The fourth-order valence-electron chi connectivity index (χ4n) is 2.21. The van der Waals surface area contributed by atoms with Crippen molar-refractivity contribution in [2.75, 3.05) is 0 Å². The third-order valence-corrected chi connectivity index (χ3v) is 3.32. The van der Waals surface area contributed by atoms with E-state index in [-0.39, 0.29) is 5.92 Å². The summed E-state index contributed by atoms with van der Waals surface area (Å²) < 4.78 is 0. The molecule has 2 rings (SSSR count). The van der Waals surface area contributed by atoms with Gasteiger partial charge in [-0.05, 0) is 55.9 Å². The van der Waals surface area contributed by atoms with Gasteiger partial charge in [0.15, 0.2) is 0 Å². The zero-order chi connectivity index (χ0) is 10.3. The van der Waals surface area contributed by atoms with E-state index in [1.54, 1.807) is 6.92 Å². The molecule has 0 saturated heterocycles. The Bertz CT molecular complexity index is 359. The van der Waals surface area contributed by atoms with Gasteiger partial charge in [0.1, 0.15) is 5.78 Å². The van der Waals surface area contributed by atoms with E-state index in [0.717, 1.165) is 12.8 Å². The van der Waals surface area contributed by atoms with Gasteiger partial charge < -0.3 is 0 Å². The van der Waals surface area contributed by atoms with E-state index in [4.69, 9.17) is 0 Å². The first-order valence-corrected chi connectivity index (χ1v) is 5.17. The largest absolute Gasteiger partial charge is 0.300 e. The van der Waals surface area contributed by atoms with Gasteiger partial charge in [0.25, 0.3) is 0 Å². The molecule has 0 radical (unpaired) electrons. The highest BCUT2D eigenvalue weighted by molar-refractivity contribution is 5.80. The molecule has 0 atom stereocenters.